The minimum Gasteiger partial charge on any atom is -0.329 e. The molecule has 2 amide bonds. The van der Waals surface area contributed by atoms with E-state index in [9.17, 15) is 32.9 Å². The fraction of sp³-hybridized carbons (Fsp3) is 0.250. The SMILES string of the molecule is CCN(CC(=O)Nc1ccccc1C(F)(F)F)C(=O)c1ccc([N+](=O)[O-])s1. The highest BCUT2D eigenvalue weighted by Gasteiger charge is 2.33. The van der Waals surface area contributed by atoms with Crippen molar-refractivity contribution < 1.29 is 27.7 Å². The molecule has 0 bridgehead atoms. The molecule has 0 aliphatic rings. The monoisotopic (exact) mass is 401 g/mol. The van der Waals surface area contributed by atoms with Crippen molar-refractivity contribution in [3.8, 4) is 0 Å². The summed E-state index contributed by atoms with van der Waals surface area (Å²) in [7, 11) is 0. The molecule has 2 aromatic rings. The molecule has 11 heteroatoms. The predicted octanol–water partition coefficient (Wildman–Crippen LogP) is 3.78. The van der Waals surface area contributed by atoms with Gasteiger partial charge in [-0.25, -0.2) is 0 Å². The highest BCUT2D eigenvalue weighted by atomic mass is 32.1. The first-order valence-electron chi connectivity index (χ1n) is 7.63. The van der Waals surface area contributed by atoms with Crippen molar-refractivity contribution in [1.29, 1.82) is 0 Å². The number of thiophene rings is 1. The fourth-order valence-corrected chi connectivity index (χ4v) is 3.01. The van der Waals surface area contributed by atoms with Crippen LogP contribution in [0.3, 0.4) is 0 Å². The Labute approximate surface area is 155 Å². The number of hydrogen-bond acceptors (Lipinski definition) is 5. The molecule has 0 spiro atoms. The average Bonchev–Trinajstić information content (AvgIpc) is 3.09. The lowest BCUT2D eigenvalue weighted by Crippen LogP contribution is -2.37. The van der Waals surface area contributed by atoms with Gasteiger partial charge in [0.25, 0.3) is 5.91 Å². The highest BCUT2D eigenvalue weighted by molar-refractivity contribution is 7.17. The van der Waals surface area contributed by atoms with Crippen LogP contribution in [0.5, 0.6) is 0 Å². The van der Waals surface area contributed by atoms with Crippen LogP contribution in [0.25, 0.3) is 0 Å². The summed E-state index contributed by atoms with van der Waals surface area (Å²) in [5, 5.41) is 12.6. The molecular formula is C16H14F3N3O4S. The van der Waals surface area contributed by atoms with E-state index in [2.05, 4.69) is 5.32 Å². The number of benzene rings is 1. The zero-order valence-electron chi connectivity index (χ0n) is 13.9. The van der Waals surface area contributed by atoms with E-state index in [1.54, 1.807) is 6.92 Å². The predicted molar refractivity (Wildman–Crippen MR) is 92.6 cm³/mol. The normalized spacial score (nSPS) is 11.1. The number of nitrogens with one attached hydrogen (secondary N) is 1. The van der Waals surface area contributed by atoms with Crippen molar-refractivity contribution in [1.82, 2.24) is 4.90 Å². The third kappa shape index (κ3) is 5.03. The summed E-state index contributed by atoms with van der Waals surface area (Å²) in [4.78, 5) is 35.7. The molecule has 0 saturated heterocycles. The minimum atomic E-state index is -4.64. The van der Waals surface area contributed by atoms with Gasteiger partial charge in [-0.15, -0.1) is 0 Å². The summed E-state index contributed by atoms with van der Waals surface area (Å²) in [6, 6.07) is 6.93. The van der Waals surface area contributed by atoms with Crippen LogP contribution >= 0.6 is 11.3 Å². The van der Waals surface area contributed by atoms with Crippen LogP contribution in [-0.2, 0) is 11.0 Å². The molecule has 0 radical (unpaired) electrons. The van der Waals surface area contributed by atoms with Gasteiger partial charge in [0.15, 0.2) is 0 Å². The van der Waals surface area contributed by atoms with Gasteiger partial charge in [-0.3, -0.25) is 19.7 Å². The minimum absolute atomic E-state index is 0.0621. The standard InChI is InChI=1S/C16H14F3N3O4S/c1-2-21(15(24)12-7-8-14(27-12)22(25)26)9-13(23)20-11-6-4-3-5-10(11)16(17,18)19/h3-8H,2,9H2,1H3,(H,20,23). The maximum Gasteiger partial charge on any atom is 0.418 e. The molecule has 0 saturated carbocycles. The van der Waals surface area contributed by atoms with E-state index in [-0.39, 0.29) is 16.4 Å². The molecule has 0 aliphatic carbocycles. The molecule has 0 atom stereocenters. The van der Waals surface area contributed by atoms with E-state index in [0.29, 0.717) is 11.3 Å². The molecule has 1 N–H and O–H groups in total. The van der Waals surface area contributed by atoms with Crippen molar-refractivity contribution >= 4 is 33.8 Å². The van der Waals surface area contributed by atoms with Gasteiger partial charge in [0.05, 0.1) is 21.1 Å². The quantitative estimate of drug-likeness (QED) is 0.589. The van der Waals surface area contributed by atoms with Crippen LogP contribution in [0.15, 0.2) is 36.4 Å². The number of anilines is 1. The Balaban J connectivity index is 2.11. The molecule has 7 nitrogen and oxygen atoms in total. The van der Waals surface area contributed by atoms with E-state index in [4.69, 9.17) is 0 Å². The van der Waals surface area contributed by atoms with Gasteiger partial charge < -0.3 is 10.2 Å². The highest BCUT2D eigenvalue weighted by Crippen LogP contribution is 2.34. The Kier molecular flexibility index (Phi) is 6.16. The first-order chi connectivity index (χ1) is 12.6. The number of likely N-dealkylation sites (N-methyl/N-ethyl adjacent to an activating group) is 1. The smallest absolute Gasteiger partial charge is 0.329 e. The summed E-state index contributed by atoms with van der Waals surface area (Å²) < 4.78 is 38.9. The van der Waals surface area contributed by atoms with Crippen molar-refractivity contribution in [3.63, 3.8) is 0 Å². The van der Waals surface area contributed by atoms with Crippen LogP contribution in [0.2, 0.25) is 0 Å². The number of halogens is 3. The number of hydrogen-bond donors (Lipinski definition) is 1. The zero-order valence-corrected chi connectivity index (χ0v) is 14.8. The molecule has 1 heterocycles. The number of rotatable bonds is 6. The van der Waals surface area contributed by atoms with E-state index in [0.717, 1.165) is 17.0 Å². The lowest BCUT2D eigenvalue weighted by Gasteiger charge is -2.20. The summed E-state index contributed by atoms with van der Waals surface area (Å²) in [5.74, 6) is -1.43. The van der Waals surface area contributed by atoms with Crippen LogP contribution in [0.1, 0.15) is 22.2 Å². The number of amides is 2. The molecule has 1 aromatic heterocycles. The van der Waals surface area contributed by atoms with Crippen molar-refractivity contribution in [3.05, 3.63) is 57.0 Å². The van der Waals surface area contributed by atoms with E-state index < -0.39 is 40.7 Å². The van der Waals surface area contributed by atoms with Gasteiger partial charge in [0.2, 0.25) is 5.91 Å². The largest absolute Gasteiger partial charge is 0.418 e. The van der Waals surface area contributed by atoms with E-state index in [1.165, 1.54) is 24.3 Å². The topological polar surface area (TPSA) is 92.6 Å². The second-order valence-electron chi connectivity index (χ2n) is 5.31. The Morgan fingerprint density at radius 1 is 1.22 bits per heavy atom. The summed E-state index contributed by atoms with van der Waals surface area (Å²) in [6.45, 7) is 1.18. The van der Waals surface area contributed by atoms with Crippen molar-refractivity contribution in [2.75, 3.05) is 18.4 Å². The van der Waals surface area contributed by atoms with Crippen LogP contribution in [0.4, 0.5) is 23.9 Å². The first kappa shape index (κ1) is 20.4. The summed E-state index contributed by atoms with van der Waals surface area (Å²) in [5.41, 5.74) is -1.41. The summed E-state index contributed by atoms with van der Waals surface area (Å²) in [6.07, 6.45) is -4.64. The molecule has 27 heavy (non-hydrogen) atoms. The van der Waals surface area contributed by atoms with E-state index >= 15 is 0 Å². The molecule has 0 fully saturated rings. The van der Waals surface area contributed by atoms with Crippen LogP contribution in [-0.4, -0.2) is 34.7 Å². The zero-order chi connectivity index (χ0) is 20.2. The maximum atomic E-state index is 13.0. The average molecular weight is 401 g/mol. The van der Waals surface area contributed by atoms with E-state index in [1.807, 2.05) is 0 Å². The Morgan fingerprint density at radius 3 is 2.44 bits per heavy atom. The number of alkyl halides is 3. The second kappa shape index (κ2) is 8.16. The molecule has 0 unspecified atom stereocenters. The maximum absolute atomic E-state index is 13.0. The van der Waals surface area contributed by atoms with Gasteiger partial charge in [-0.05, 0) is 25.1 Å². The number of nitrogens with zero attached hydrogens (tertiary/aromatic N) is 2. The van der Waals surface area contributed by atoms with Gasteiger partial charge in [-0.1, -0.05) is 23.5 Å². The van der Waals surface area contributed by atoms with Gasteiger partial charge in [-0.2, -0.15) is 13.2 Å². The number of carbonyl (C=O) groups is 2. The molecule has 2 rings (SSSR count). The Morgan fingerprint density at radius 2 is 1.89 bits per heavy atom. The molecule has 0 aliphatic heterocycles. The molecule has 1 aromatic carbocycles. The Hall–Kier alpha value is -2.95. The van der Waals surface area contributed by atoms with Gasteiger partial charge in [0.1, 0.15) is 6.54 Å². The second-order valence-corrected chi connectivity index (χ2v) is 6.37. The van der Waals surface area contributed by atoms with Crippen molar-refractivity contribution in [2.45, 2.75) is 13.1 Å². The third-order valence-corrected chi connectivity index (χ3v) is 4.52. The molecule has 144 valence electrons. The number of para-hydroxylation sites is 1. The van der Waals surface area contributed by atoms with Gasteiger partial charge >= 0.3 is 11.2 Å². The van der Waals surface area contributed by atoms with Crippen LogP contribution in [0, 0.1) is 10.1 Å². The Bertz CT molecular complexity index is 867. The van der Waals surface area contributed by atoms with Gasteiger partial charge in [0, 0.05) is 12.6 Å². The first-order valence-corrected chi connectivity index (χ1v) is 8.44. The third-order valence-electron chi connectivity index (χ3n) is 3.49. The van der Waals surface area contributed by atoms with Crippen LogP contribution < -0.4 is 5.32 Å². The lowest BCUT2D eigenvalue weighted by atomic mass is 10.1. The fourth-order valence-electron chi connectivity index (χ4n) is 2.23. The van der Waals surface area contributed by atoms with Crippen molar-refractivity contribution in [2.24, 2.45) is 0 Å². The lowest BCUT2D eigenvalue weighted by molar-refractivity contribution is -0.380. The summed E-state index contributed by atoms with van der Waals surface area (Å²) >= 11 is 0.659. The number of carbonyl (C=O) groups excluding carboxylic acids is 2. The number of nitro groups is 1. The molecular weight excluding hydrogens is 387 g/mol.